The SMILES string of the molecule is CN(Cc1ccccc1[N+](=O)[O-])C(=O)CN(C)S(=O)(=O)c1ccccc1. The third kappa shape index (κ3) is 4.44. The van der Waals surface area contributed by atoms with Crippen molar-refractivity contribution in [1.29, 1.82) is 0 Å². The molecule has 1 amide bonds. The summed E-state index contributed by atoms with van der Waals surface area (Å²) in [5.74, 6) is -0.467. The van der Waals surface area contributed by atoms with Crippen LogP contribution in [0.5, 0.6) is 0 Å². The van der Waals surface area contributed by atoms with Crippen molar-refractivity contribution in [2.75, 3.05) is 20.6 Å². The second-order valence-electron chi connectivity index (χ2n) is 5.71. The lowest BCUT2D eigenvalue weighted by molar-refractivity contribution is -0.385. The first-order valence-electron chi connectivity index (χ1n) is 7.71. The quantitative estimate of drug-likeness (QED) is 0.542. The molecule has 0 saturated carbocycles. The fourth-order valence-electron chi connectivity index (χ4n) is 2.33. The van der Waals surface area contributed by atoms with Crippen molar-refractivity contribution in [2.45, 2.75) is 11.4 Å². The van der Waals surface area contributed by atoms with Crippen LogP contribution in [0, 0.1) is 10.1 Å². The van der Waals surface area contributed by atoms with Crippen LogP contribution < -0.4 is 0 Å². The smallest absolute Gasteiger partial charge is 0.274 e. The lowest BCUT2D eigenvalue weighted by Gasteiger charge is -2.22. The number of rotatable bonds is 7. The molecule has 0 N–H and O–H groups in total. The van der Waals surface area contributed by atoms with E-state index in [1.165, 1.54) is 37.2 Å². The number of carbonyl (C=O) groups excluding carboxylic acids is 1. The Morgan fingerprint density at radius 2 is 1.62 bits per heavy atom. The molecule has 138 valence electrons. The summed E-state index contributed by atoms with van der Waals surface area (Å²) in [6.07, 6.45) is 0. The zero-order valence-corrected chi connectivity index (χ0v) is 15.2. The van der Waals surface area contributed by atoms with Crippen LogP contribution in [0.2, 0.25) is 0 Å². The molecule has 0 heterocycles. The summed E-state index contributed by atoms with van der Waals surface area (Å²) in [5, 5.41) is 11.1. The fourth-order valence-corrected chi connectivity index (χ4v) is 3.48. The molecule has 0 saturated heterocycles. The molecule has 0 spiro atoms. The van der Waals surface area contributed by atoms with Gasteiger partial charge in [0.25, 0.3) is 5.69 Å². The Bertz CT molecular complexity index is 900. The lowest BCUT2D eigenvalue weighted by Crippen LogP contribution is -2.39. The minimum atomic E-state index is -3.78. The van der Waals surface area contributed by atoms with Gasteiger partial charge in [-0.2, -0.15) is 4.31 Å². The van der Waals surface area contributed by atoms with Gasteiger partial charge < -0.3 is 4.90 Å². The Balaban J connectivity index is 2.09. The number of benzene rings is 2. The number of nitrogens with zero attached hydrogens (tertiary/aromatic N) is 3. The van der Waals surface area contributed by atoms with Crippen molar-refractivity contribution in [3.63, 3.8) is 0 Å². The molecule has 2 aromatic rings. The molecule has 0 aliphatic heterocycles. The molecule has 0 radical (unpaired) electrons. The number of likely N-dealkylation sites (N-methyl/N-ethyl adjacent to an activating group) is 2. The van der Waals surface area contributed by atoms with Gasteiger partial charge in [-0.1, -0.05) is 36.4 Å². The highest BCUT2D eigenvalue weighted by Crippen LogP contribution is 2.19. The molecule has 0 atom stereocenters. The third-order valence-corrected chi connectivity index (χ3v) is 5.65. The van der Waals surface area contributed by atoms with Gasteiger partial charge in [0.1, 0.15) is 0 Å². The van der Waals surface area contributed by atoms with Gasteiger partial charge >= 0.3 is 0 Å². The third-order valence-electron chi connectivity index (χ3n) is 3.83. The maximum atomic E-state index is 12.5. The van der Waals surface area contributed by atoms with Crippen LogP contribution in [0.1, 0.15) is 5.56 Å². The molecule has 2 aromatic carbocycles. The van der Waals surface area contributed by atoms with E-state index in [4.69, 9.17) is 0 Å². The van der Waals surface area contributed by atoms with E-state index in [9.17, 15) is 23.3 Å². The molecule has 0 fully saturated rings. The lowest BCUT2D eigenvalue weighted by atomic mass is 10.1. The normalized spacial score (nSPS) is 11.3. The summed E-state index contributed by atoms with van der Waals surface area (Å²) in [7, 11) is -0.992. The van der Waals surface area contributed by atoms with E-state index in [1.54, 1.807) is 36.4 Å². The van der Waals surface area contributed by atoms with Gasteiger partial charge in [-0.25, -0.2) is 8.42 Å². The van der Waals surface area contributed by atoms with Crippen molar-refractivity contribution >= 4 is 21.6 Å². The van der Waals surface area contributed by atoms with E-state index in [2.05, 4.69) is 0 Å². The molecule has 0 aliphatic rings. The van der Waals surface area contributed by atoms with E-state index < -0.39 is 20.9 Å². The summed E-state index contributed by atoms with van der Waals surface area (Å²) >= 11 is 0. The predicted octanol–water partition coefficient (Wildman–Crippen LogP) is 1.87. The van der Waals surface area contributed by atoms with Gasteiger partial charge in [0.2, 0.25) is 15.9 Å². The molecular formula is C17H19N3O5S. The van der Waals surface area contributed by atoms with Crippen LogP contribution in [0.25, 0.3) is 0 Å². The second-order valence-corrected chi connectivity index (χ2v) is 7.75. The number of hydrogen-bond donors (Lipinski definition) is 0. The molecular weight excluding hydrogens is 358 g/mol. The molecule has 0 unspecified atom stereocenters. The van der Waals surface area contributed by atoms with Gasteiger partial charge in [0.15, 0.2) is 0 Å². The highest BCUT2D eigenvalue weighted by Gasteiger charge is 2.25. The van der Waals surface area contributed by atoms with Gasteiger partial charge in [-0.3, -0.25) is 14.9 Å². The first-order valence-corrected chi connectivity index (χ1v) is 9.15. The molecule has 26 heavy (non-hydrogen) atoms. The Morgan fingerprint density at radius 1 is 1.04 bits per heavy atom. The van der Waals surface area contributed by atoms with E-state index in [0.717, 1.165) is 4.31 Å². The summed E-state index contributed by atoms with van der Waals surface area (Å²) in [5.41, 5.74) is 0.291. The summed E-state index contributed by atoms with van der Waals surface area (Å²) < 4.78 is 25.9. The average Bonchev–Trinajstić information content (AvgIpc) is 2.62. The summed E-state index contributed by atoms with van der Waals surface area (Å²) in [4.78, 5) is 24.3. The zero-order valence-electron chi connectivity index (χ0n) is 14.4. The number of hydrogen-bond acceptors (Lipinski definition) is 5. The van der Waals surface area contributed by atoms with E-state index in [1.807, 2.05) is 0 Å². The highest BCUT2D eigenvalue weighted by atomic mass is 32.2. The minimum Gasteiger partial charge on any atom is -0.340 e. The number of amides is 1. The number of nitro benzene ring substituents is 1. The Hall–Kier alpha value is -2.78. The van der Waals surface area contributed by atoms with Gasteiger partial charge in [-0.05, 0) is 12.1 Å². The zero-order chi connectivity index (χ0) is 19.3. The monoisotopic (exact) mass is 377 g/mol. The molecule has 2 rings (SSSR count). The molecule has 0 aliphatic carbocycles. The topological polar surface area (TPSA) is 101 Å². The Kier molecular flexibility index (Phi) is 6.06. The van der Waals surface area contributed by atoms with Gasteiger partial charge in [0, 0.05) is 25.7 Å². The second kappa shape index (κ2) is 8.07. The molecule has 8 nitrogen and oxygen atoms in total. The van der Waals surface area contributed by atoms with E-state index in [0.29, 0.717) is 5.56 Å². The van der Waals surface area contributed by atoms with Crippen LogP contribution in [-0.4, -0.2) is 49.1 Å². The Labute approximate surface area is 151 Å². The van der Waals surface area contributed by atoms with E-state index in [-0.39, 0.29) is 23.7 Å². The predicted molar refractivity (Wildman–Crippen MR) is 95.8 cm³/mol. The van der Waals surface area contributed by atoms with Crippen LogP contribution in [0.4, 0.5) is 5.69 Å². The molecule has 9 heteroatoms. The maximum Gasteiger partial charge on any atom is 0.274 e. The van der Waals surface area contributed by atoms with Gasteiger partial charge in [0.05, 0.1) is 22.9 Å². The van der Waals surface area contributed by atoms with Crippen molar-refractivity contribution in [3.05, 3.63) is 70.3 Å². The molecule has 0 aromatic heterocycles. The van der Waals surface area contributed by atoms with Crippen LogP contribution in [0.3, 0.4) is 0 Å². The fraction of sp³-hybridized carbons (Fsp3) is 0.235. The van der Waals surface area contributed by atoms with Crippen molar-refractivity contribution in [2.24, 2.45) is 0 Å². The number of para-hydroxylation sites is 1. The summed E-state index contributed by atoms with van der Waals surface area (Å²) in [6, 6.07) is 13.9. The minimum absolute atomic E-state index is 0.00914. The number of sulfonamides is 1. The Morgan fingerprint density at radius 3 is 2.23 bits per heavy atom. The number of carbonyl (C=O) groups is 1. The van der Waals surface area contributed by atoms with Crippen LogP contribution >= 0.6 is 0 Å². The standard InChI is InChI=1S/C17H19N3O5S/c1-18(12-14-8-6-7-11-16(14)20(22)23)17(21)13-19(2)26(24,25)15-9-4-3-5-10-15/h3-11H,12-13H2,1-2H3. The van der Waals surface area contributed by atoms with Gasteiger partial charge in [-0.15, -0.1) is 0 Å². The maximum absolute atomic E-state index is 12.5. The highest BCUT2D eigenvalue weighted by molar-refractivity contribution is 7.89. The van der Waals surface area contributed by atoms with Crippen LogP contribution in [0.15, 0.2) is 59.5 Å². The molecule has 0 bridgehead atoms. The van der Waals surface area contributed by atoms with Crippen molar-refractivity contribution in [3.8, 4) is 0 Å². The summed E-state index contributed by atoms with van der Waals surface area (Å²) in [6.45, 7) is -0.358. The van der Waals surface area contributed by atoms with E-state index >= 15 is 0 Å². The first kappa shape index (κ1) is 19.5. The largest absolute Gasteiger partial charge is 0.340 e. The van der Waals surface area contributed by atoms with Crippen molar-refractivity contribution < 1.29 is 18.1 Å². The average molecular weight is 377 g/mol. The number of nitro groups is 1. The first-order chi connectivity index (χ1) is 12.2. The van der Waals surface area contributed by atoms with Crippen LogP contribution in [-0.2, 0) is 21.4 Å². The van der Waals surface area contributed by atoms with Crippen molar-refractivity contribution in [1.82, 2.24) is 9.21 Å².